The van der Waals surface area contributed by atoms with Gasteiger partial charge in [0.1, 0.15) is 0 Å². The summed E-state index contributed by atoms with van der Waals surface area (Å²) in [5.41, 5.74) is 0. The molecular formula is C11H19N3OS. The van der Waals surface area contributed by atoms with Gasteiger partial charge >= 0.3 is 6.03 Å². The van der Waals surface area contributed by atoms with Crippen molar-refractivity contribution >= 4 is 22.5 Å². The quantitative estimate of drug-likeness (QED) is 0.832. The van der Waals surface area contributed by atoms with Gasteiger partial charge in [-0.15, -0.1) is 11.3 Å². The number of anilines is 1. The lowest BCUT2D eigenvalue weighted by molar-refractivity contribution is 0.248. The van der Waals surface area contributed by atoms with Crippen molar-refractivity contribution in [1.29, 1.82) is 0 Å². The standard InChI is InChI=1S/C11H19N3OS/c1-8(2)4-5-9(3)13-10(15)14-11-12-6-7-16-11/h6-9H,4-5H2,1-3H3,(H2,12,13,14,15). The molecule has 5 heteroatoms. The molecule has 1 aromatic heterocycles. The van der Waals surface area contributed by atoms with Crippen molar-refractivity contribution in [1.82, 2.24) is 10.3 Å². The van der Waals surface area contributed by atoms with Gasteiger partial charge in [-0.2, -0.15) is 0 Å². The van der Waals surface area contributed by atoms with E-state index in [0.717, 1.165) is 12.8 Å². The number of nitrogens with zero attached hydrogens (tertiary/aromatic N) is 1. The van der Waals surface area contributed by atoms with Gasteiger partial charge in [0, 0.05) is 17.6 Å². The number of thiazole rings is 1. The molecule has 0 radical (unpaired) electrons. The maximum absolute atomic E-state index is 11.5. The molecule has 0 saturated heterocycles. The third-order valence-electron chi connectivity index (χ3n) is 2.21. The van der Waals surface area contributed by atoms with Crippen molar-refractivity contribution < 1.29 is 4.79 Å². The van der Waals surface area contributed by atoms with E-state index in [1.165, 1.54) is 11.3 Å². The Kier molecular flexibility index (Phi) is 5.25. The molecule has 0 aliphatic heterocycles. The molecule has 0 aromatic carbocycles. The van der Waals surface area contributed by atoms with E-state index in [1.54, 1.807) is 6.20 Å². The van der Waals surface area contributed by atoms with Gasteiger partial charge in [-0.3, -0.25) is 5.32 Å². The summed E-state index contributed by atoms with van der Waals surface area (Å²) in [4.78, 5) is 15.5. The number of hydrogen-bond acceptors (Lipinski definition) is 3. The smallest absolute Gasteiger partial charge is 0.321 e. The van der Waals surface area contributed by atoms with Crippen molar-refractivity contribution in [2.75, 3.05) is 5.32 Å². The summed E-state index contributed by atoms with van der Waals surface area (Å²) in [6.07, 6.45) is 3.80. The van der Waals surface area contributed by atoms with Crippen LogP contribution in [-0.4, -0.2) is 17.1 Å². The first-order valence-electron chi connectivity index (χ1n) is 5.55. The second kappa shape index (κ2) is 6.48. The van der Waals surface area contributed by atoms with Crippen molar-refractivity contribution in [3.8, 4) is 0 Å². The topological polar surface area (TPSA) is 54.0 Å². The second-order valence-electron chi connectivity index (χ2n) is 4.31. The molecule has 0 fully saturated rings. The van der Waals surface area contributed by atoms with Gasteiger partial charge in [-0.05, 0) is 25.7 Å². The van der Waals surface area contributed by atoms with Gasteiger partial charge in [0.25, 0.3) is 0 Å². The first-order chi connectivity index (χ1) is 7.58. The van der Waals surface area contributed by atoms with Crippen LogP contribution in [0.4, 0.5) is 9.93 Å². The average Bonchev–Trinajstić information content (AvgIpc) is 2.67. The van der Waals surface area contributed by atoms with Crippen LogP contribution in [0.15, 0.2) is 11.6 Å². The molecule has 2 amide bonds. The Morgan fingerprint density at radius 3 is 2.75 bits per heavy atom. The molecule has 0 bridgehead atoms. The highest BCUT2D eigenvalue weighted by molar-refractivity contribution is 7.13. The monoisotopic (exact) mass is 241 g/mol. The third kappa shape index (κ3) is 5.11. The van der Waals surface area contributed by atoms with Crippen LogP contribution < -0.4 is 10.6 Å². The lowest BCUT2D eigenvalue weighted by Gasteiger charge is -2.14. The predicted molar refractivity (Wildman–Crippen MR) is 67.8 cm³/mol. The van der Waals surface area contributed by atoms with Gasteiger partial charge in [0.2, 0.25) is 0 Å². The van der Waals surface area contributed by atoms with E-state index in [0.29, 0.717) is 11.0 Å². The average molecular weight is 241 g/mol. The van der Waals surface area contributed by atoms with Crippen molar-refractivity contribution in [3.63, 3.8) is 0 Å². The van der Waals surface area contributed by atoms with Gasteiger partial charge < -0.3 is 5.32 Å². The lowest BCUT2D eigenvalue weighted by Crippen LogP contribution is -2.36. The van der Waals surface area contributed by atoms with E-state index in [2.05, 4.69) is 29.5 Å². The molecule has 16 heavy (non-hydrogen) atoms. The number of rotatable bonds is 5. The Balaban J connectivity index is 2.23. The van der Waals surface area contributed by atoms with Crippen LogP contribution in [0.1, 0.15) is 33.6 Å². The molecule has 1 heterocycles. The van der Waals surface area contributed by atoms with E-state index in [4.69, 9.17) is 0 Å². The van der Waals surface area contributed by atoms with Crippen molar-refractivity contribution in [2.45, 2.75) is 39.7 Å². The minimum atomic E-state index is -0.175. The van der Waals surface area contributed by atoms with Crippen molar-refractivity contribution in [3.05, 3.63) is 11.6 Å². The SMILES string of the molecule is CC(C)CCC(C)NC(=O)Nc1nccs1. The zero-order valence-corrected chi connectivity index (χ0v) is 10.8. The van der Waals surface area contributed by atoms with Crippen LogP contribution >= 0.6 is 11.3 Å². The Hall–Kier alpha value is -1.10. The summed E-state index contributed by atoms with van der Waals surface area (Å²) in [6, 6.07) is 0.0218. The normalized spacial score (nSPS) is 12.5. The number of urea groups is 1. The summed E-state index contributed by atoms with van der Waals surface area (Å²) in [7, 11) is 0. The molecule has 4 nitrogen and oxygen atoms in total. The Labute approximate surface area is 100 Å². The fourth-order valence-corrected chi connectivity index (χ4v) is 1.82. The van der Waals surface area contributed by atoms with Crippen LogP contribution in [0, 0.1) is 5.92 Å². The molecule has 0 aliphatic carbocycles. The van der Waals surface area contributed by atoms with E-state index < -0.39 is 0 Å². The zero-order valence-electron chi connectivity index (χ0n) is 9.99. The number of amides is 2. The van der Waals surface area contributed by atoms with Gasteiger partial charge in [-0.1, -0.05) is 13.8 Å². The van der Waals surface area contributed by atoms with Crippen LogP contribution in [0.5, 0.6) is 0 Å². The largest absolute Gasteiger partial charge is 0.335 e. The summed E-state index contributed by atoms with van der Waals surface area (Å²) >= 11 is 1.41. The zero-order chi connectivity index (χ0) is 12.0. The maximum atomic E-state index is 11.5. The molecule has 1 aromatic rings. The predicted octanol–water partition coefficient (Wildman–Crippen LogP) is 3.09. The first-order valence-corrected chi connectivity index (χ1v) is 6.43. The van der Waals surface area contributed by atoms with E-state index in [9.17, 15) is 4.79 Å². The highest BCUT2D eigenvalue weighted by Gasteiger charge is 2.08. The Bertz CT molecular complexity index is 311. The highest BCUT2D eigenvalue weighted by atomic mass is 32.1. The summed E-state index contributed by atoms with van der Waals surface area (Å²) < 4.78 is 0. The van der Waals surface area contributed by atoms with E-state index in [1.807, 2.05) is 12.3 Å². The van der Waals surface area contributed by atoms with Crippen LogP contribution in [0.25, 0.3) is 0 Å². The Morgan fingerprint density at radius 2 is 2.19 bits per heavy atom. The number of carbonyl (C=O) groups is 1. The van der Waals surface area contributed by atoms with Crippen molar-refractivity contribution in [2.24, 2.45) is 5.92 Å². The number of aromatic nitrogens is 1. The minimum Gasteiger partial charge on any atom is -0.335 e. The summed E-state index contributed by atoms with van der Waals surface area (Å²) in [6.45, 7) is 6.38. The fraction of sp³-hybridized carbons (Fsp3) is 0.636. The maximum Gasteiger partial charge on any atom is 0.321 e. The summed E-state index contributed by atoms with van der Waals surface area (Å²) in [5.74, 6) is 0.672. The van der Waals surface area contributed by atoms with Gasteiger partial charge in [0.05, 0.1) is 0 Å². The molecule has 0 spiro atoms. The van der Waals surface area contributed by atoms with E-state index in [-0.39, 0.29) is 12.1 Å². The van der Waals surface area contributed by atoms with Gasteiger partial charge in [0.15, 0.2) is 5.13 Å². The molecule has 1 atom stereocenters. The third-order valence-corrected chi connectivity index (χ3v) is 2.90. The number of hydrogen-bond donors (Lipinski definition) is 2. The fourth-order valence-electron chi connectivity index (χ4n) is 1.30. The molecular weight excluding hydrogens is 222 g/mol. The Morgan fingerprint density at radius 1 is 1.44 bits per heavy atom. The number of carbonyl (C=O) groups excluding carboxylic acids is 1. The second-order valence-corrected chi connectivity index (χ2v) is 5.20. The van der Waals surface area contributed by atoms with Crippen LogP contribution in [-0.2, 0) is 0 Å². The van der Waals surface area contributed by atoms with Crippen LogP contribution in [0.3, 0.4) is 0 Å². The molecule has 90 valence electrons. The minimum absolute atomic E-state index is 0.175. The first kappa shape index (κ1) is 13.0. The van der Waals surface area contributed by atoms with E-state index >= 15 is 0 Å². The highest BCUT2D eigenvalue weighted by Crippen LogP contribution is 2.10. The molecule has 0 aliphatic rings. The lowest BCUT2D eigenvalue weighted by atomic mass is 10.0. The molecule has 1 unspecified atom stereocenters. The summed E-state index contributed by atoms with van der Waals surface area (Å²) in [5, 5.41) is 8.05. The van der Waals surface area contributed by atoms with Gasteiger partial charge in [-0.25, -0.2) is 9.78 Å². The number of nitrogens with one attached hydrogen (secondary N) is 2. The molecule has 2 N–H and O–H groups in total. The molecule has 0 saturated carbocycles. The molecule has 1 rings (SSSR count). The van der Waals surface area contributed by atoms with Crippen LogP contribution in [0.2, 0.25) is 0 Å².